The van der Waals surface area contributed by atoms with Crippen molar-refractivity contribution in [2.75, 3.05) is 30.6 Å². The molecular formula is C22H26N4O3S2. The van der Waals surface area contributed by atoms with E-state index in [1.165, 1.54) is 23.1 Å². The first-order valence-electron chi connectivity index (χ1n) is 9.64. The zero-order valence-electron chi connectivity index (χ0n) is 18.2. The minimum absolute atomic E-state index is 0.0285. The van der Waals surface area contributed by atoms with Crippen LogP contribution in [0.4, 0.5) is 16.5 Å². The molecule has 2 aromatic carbocycles. The first-order chi connectivity index (χ1) is 14.8. The number of carbonyl (C=O) groups is 1. The van der Waals surface area contributed by atoms with Crippen LogP contribution >= 0.6 is 23.1 Å². The van der Waals surface area contributed by atoms with Gasteiger partial charge in [-0.25, -0.2) is 0 Å². The summed E-state index contributed by atoms with van der Waals surface area (Å²) >= 11 is 2.72. The maximum absolute atomic E-state index is 12.5. The molecule has 1 heterocycles. The maximum Gasteiger partial charge on any atom is 0.234 e. The van der Waals surface area contributed by atoms with E-state index in [4.69, 9.17) is 9.47 Å². The smallest absolute Gasteiger partial charge is 0.234 e. The Balaban J connectivity index is 1.59. The molecule has 0 aliphatic heterocycles. The first-order valence-corrected chi connectivity index (χ1v) is 11.4. The molecule has 0 fully saturated rings. The van der Waals surface area contributed by atoms with Gasteiger partial charge in [-0.3, -0.25) is 4.79 Å². The summed E-state index contributed by atoms with van der Waals surface area (Å²) in [6.07, 6.45) is 0. The molecule has 3 aromatic rings. The van der Waals surface area contributed by atoms with Gasteiger partial charge in [0.15, 0.2) is 4.34 Å². The van der Waals surface area contributed by atoms with Crippen LogP contribution in [0.1, 0.15) is 26.3 Å². The third-order valence-electron chi connectivity index (χ3n) is 4.39. The molecule has 1 amide bonds. The topological polar surface area (TPSA) is 85.4 Å². The van der Waals surface area contributed by atoms with Crippen LogP contribution in [0.2, 0.25) is 0 Å². The van der Waals surface area contributed by atoms with Crippen molar-refractivity contribution in [3.8, 4) is 11.5 Å². The van der Waals surface area contributed by atoms with Crippen LogP contribution in [0.25, 0.3) is 0 Å². The summed E-state index contributed by atoms with van der Waals surface area (Å²) in [5.41, 5.74) is 2.61. The average molecular weight is 459 g/mol. The number of thioether (sulfide) groups is 1. The summed E-state index contributed by atoms with van der Waals surface area (Å²) in [5, 5.41) is 15.1. The van der Waals surface area contributed by atoms with E-state index in [1.807, 2.05) is 42.5 Å². The van der Waals surface area contributed by atoms with Crippen LogP contribution in [0.15, 0.2) is 46.8 Å². The highest BCUT2D eigenvalue weighted by Gasteiger charge is 2.17. The monoisotopic (exact) mass is 458 g/mol. The molecule has 0 aliphatic carbocycles. The first kappa shape index (κ1) is 22.9. The highest BCUT2D eigenvalue weighted by molar-refractivity contribution is 8.01. The third kappa shape index (κ3) is 6.35. The van der Waals surface area contributed by atoms with E-state index in [0.717, 1.165) is 17.0 Å². The molecule has 164 valence electrons. The van der Waals surface area contributed by atoms with Crippen molar-refractivity contribution in [2.45, 2.75) is 30.5 Å². The summed E-state index contributed by atoms with van der Waals surface area (Å²) in [4.78, 5) is 12.5. The van der Waals surface area contributed by atoms with Gasteiger partial charge in [0.05, 0.1) is 25.7 Å². The van der Waals surface area contributed by atoms with Gasteiger partial charge in [-0.1, -0.05) is 56.0 Å². The fourth-order valence-corrected chi connectivity index (χ4v) is 4.30. The summed E-state index contributed by atoms with van der Waals surface area (Å²) < 4.78 is 11.3. The van der Waals surface area contributed by atoms with E-state index in [1.54, 1.807) is 14.2 Å². The van der Waals surface area contributed by atoms with Crippen LogP contribution in [0, 0.1) is 0 Å². The number of benzene rings is 2. The van der Waals surface area contributed by atoms with E-state index in [-0.39, 0.29) is 17.1 Å². The lowest BCUT2D eigenvalue weighted by molar-refractivity contribution is -0.113. The highest BCUT2D eigenvalue weighted by atomic mass is 32.2. The second-order valence-electron chi connectivity index (χ2n) is 7.73. The predicted molar refractivity (Wildman–Crippen MR) is 127 cm³/mol. The molecule has 7 nitrogen and oxygen atoms in total. The summed E-state index contributed by atoms with van der Waals surface area (Å²) in [7, 11) is 3.22. The average Bonchev–Trinajstić information content (AvgIpc) is 3.19. The molecule has 0 saturated carbocycles. The highest BCUT2D eigenvalue weighted by Crippen LogP contribution is 2.32. The van der Waals surface area contributed by atoms with Crippen LogP contribution in [-0.2, 0) is 10.2 Å². The molecule has 2 N–H and O–H groups in total. The number of nitrogens with zero attached hydrogens (tertiary/aromatic N) is 2. The number of ether oxygens (including phenoxy) is 2. The van der Waals surface area contributed by atoms with Gasteiger partial charge in [0, 0.05) is 11.8 Å². The zero-order valence-corrected chi connectivity index (χ0v) is 19.8. The Morgan fingerprint density at radius 2 is 1.90 bits per heavy atom. The van der Waals surface area contributed by atoms with Crippen molar-refractivity contribution < 1.29 is 14.3 Å². The molecule has 0 atom stereocenters. The molecule has 0 saturated heterocycles. The van der Waals surface area contributed by atoms with Gasteiger partial charge in [0.2, 0.25) is 11.0 Å². The standard InChI is InChI=1S/C22H26N4O3S2/c1-22(2,3)14-9-10-18(29-5)17(11-14)24-19(27)13-30-21-26-25-20(31-21)23-15-7-6-8-16(12-15)28-4/h6-12H,13H2,1-5H3,(H,23,25)(H,24,27). The van der Waals surface area contributed by atoms with Gasteiger partial charge < -0.3 is 20.1 Å². The molecule has 0 spiro atoms. The molecule has 3 rings (SSSR count). The Morgan fingerprint density at radius 1 is 1.10 bits per heavy atom. The van der Waals surface area contributed by atoms with Crippen molar-refractivity contribution in [1.29, 1.82) is 0 Å². The number of carbonyl (C=O) groups excluding carboxylic acids is 1. The van der Waals surface area contributed by atoms with Crippen LogP contribution < -0.4 is 20.1 Å². The van der Waals surface area contributed by atoms with Crippen molar-refractivity contribution in [2.24, 2.45) is 0 Å². The lowest BCUT2D eigenvalue weighted by atomic mass is 9.87. The molecule has 31 heavy (non-hydrogen) atoms. The van der Waals surface area contributed by atoms with Crippen molar-refractivity contribution in [3.05, 3.63) is 48.0 Å². The SMILES string of the molecule is COc1cccc(Nc2nnc(SCC(=O)Nc3cc(C(C)(C)C)ccc3OC)s2)c1. The van der Waals surface area contributed by atoms with Crippen LogP contribution in [0.5, 0.6) is 11.5 Å². The molecule has 0 bridgehead atoms. The molecular weight excluding hydrogens is 432 g/mol. The molecule has 0 unspecified atom stereocenters. The Labute approximate surface area is 190 Å². The van der Waals surface area contributed by atoms with Gasteiger partial charge in [0.1, 0.15) is 11.5 Å². The molecule has 0 aliphatic rings. The van der Waals surface area contributed by atoms with E-state index < -0.39 is 0 Å². The van der Waals surface area contributed by atoms with E-state index in [2.05, 4.69) is 41.6 Å². The Bertz CT molecular complexity index is 1050. The molecule has 9 heteroatoms. The molecule has 0 radical (unpaired) electrons. The second kappa shape index (κ2) is 10.0. The number of amides is 1. The minimum Gasteiger partial charge on any atom is -0.497 e. The summed E-state index contributed by atoms with van der Waals surface area (Å²) in [6.45, 7) is 6.38. The van der Waals surface area contributed by atoms with Crippen molar-refractivity contribution in [3.63, 3.8) is 0 Å². The number of hydrogen-bond donors (Lipinski definition) is 2. The Kier molecular flexibility index (Phi) is 7.40. The number of anilines is 3. The van der Waals surface area contributed by atoms with Gasteiger partial charge in [-0.15, -0.1) is 10.2 Å². The van der Waals surface area contributed by atoms with Crippen LogP contribution in [0.3, 0.4) is 0 Å². The van der Waals surface area contributed by atoms with E-state index in [0.29, 0.717) is 20.9 Å². The number of aromatic nitrogens is 2. The maximum atomic E-state index is 12.5. The number of rotatable bonds is 8. The normalized spacial score (nSPS) is 11.1. The lowest BCUT2D eigenvalue weighted by Crippen LogP contribution is -2.16. The number of methoxy groups -OCH3 is 2. The summed E-state index contributed by atoms with van der Waals surface area (Å²) in [6, 6.07) is 13.4. The predicted octanol–water partition coefficient (Wildman–Crippen LogP) is 5.33. The van der Waals surface area contributed by atoms with Gasteiger partial charge >= 0.3 is 0 Å². The van der Waals surface area contributed by atoms with Gasteiger partial charge in [0.25, 0.3) is 0 Å². The largest absolute Gasteiger partial charge is 0.497 e. The summed E-state index contributed by atoms with van der Waals surface area (Å²) in [5.74, 6) is 1.47. The fraction of sp³-hybridized carbons (Fsp3) is 0.318. The van der Waals surface area contributed by atoms with Gasteiger partial charge in [-0.05, 0) is 35.2 Å². The van der Waals surface area contributed by atoms with Crippen molar-refractivity contribution >= 4 is 45.5 Å². The second-order valence-corrected chi connectivity index (χ2v) is 9.93. The van der Waals surface area contributed by atoms with E-state index >= 15 is 0 Å². The Morgan fingerprint density at radius 3 is 2.61 bits per heavy atom. The third-order valence-corrected chi connectivity index (χ3v) is 6.37. The Hall–Kier alpha value is -2.78. The van der Waals surface area contributed by atoms with E-state index in [9.17, 15) is 4.79 Å². The zero-order chi connectivity index (χ0) is 22.4. The number of hydrogen-bond acceptors (Lipinski definition) is 8. The lowest BCUT2D eigenvalue weighted by Gasteiger charge is -2.21. The van der Waals surface area contributed by atoms with Crippen molar-refractivity contribution in [1.82, 2.24) is 10.2 Å². The van der Waals surface area contributed by atoms with Gasteiger partial charge in [-0.2, -0.15) is 0 Å². The molecule has 1 aromatic heterocycles. The minimum atomic E-state index is -0.133. The number of nitrogens with one attached hydrogen (secondary N) is 2. The quantitative estimate of drug-likeness (QED) is 0.441. The van der Waals surface area contributed by atoms with Crippen LogP contribution in [-0.4, -0.2) is 36.1 Å². The fourth-order valence-electron chi connectivity index (χ4n) is 2.73.